The molecule has 5 nitrogen and oxygen atoms in total. The number of hydrogen-bond acceptors (Lipinski definition) is 3. The topological polar surface area (TPSA) is 58.6 Å². The van der Waals surface area contributed by atoms with Crippen molar-refractivity contribution >= 4 is 11.8 Å². The second kappa shape index (κ2) is 8.19. The minimum atomic E-state index is -0.628. The van der Waals surface area contributed by atoms with E-state index in [1.54, 1.807) is 18.9 Å². The SMILES string of the molecule is CC[C@@H](NC(=O)[C@@H]1CC(=O)N(CCOC)C1)c1cc(F)ccc1F. The first kappa shape index (κ1) is 18.3. The van der Waals surface area contributed by atoms with Crippen LogP contribution < -0.4 is 5.32 Å². The molecule has 0 radical (unpaired) electrons. The number of nitrogens with one attached hydrogen (secondary N) is 1. The summed E-state index contributed by atoms with van der Waals surface area (Å²) in [6, 6.07) is 2.55. The normalized spacial score (nSPS) is 18.8. The fourth-order valence-electron chi connectivity index (χ4n) is 2.84. The third-order valence-electron chi connectivity index (χ3n) is 4.21. The van der Waals surface area contributed by atoms with Crippen molar-refractivity contribution in [1.29, 1.82) is 0 Å². The lowest BCUT2D eigenvalue weighted by atomic mass is 10.0. The van der Waals surface area contributed by atoms with E-state index in [0.717, 1.165) is 18.2 Å². The van der Waals surface area contributed by atoms with E-state index in [1.807, 2.05) is 0 Å². The second-order valence-electron chi connectivity index (χ2n) is 5.87. The second-order valence-corrected chi connectivity index (χ2v) is 5.87. The van der Waals surface area contributed by atoms with Crippen molar-refractivity contribution < 1.29 is 23.1 Å². The molecular formula is C17H22F2N2O3. The van der Waals surface area contributed by atoms with Gasteiger partial charge in [0.1, 0.15) is 11.6 Å². The van der Waals surface area contributed by atoms with Crippen molar-refractivity contribution in [2.24, 2.45) is 5.92 Å². The highest BCUT2D eigenvalue weighted by Crippen LogP contribution is 2.24. The number of carbonyl (C=O) groups is 2. The van der Waals surface area contributed by atoms with Crippen molar-refractivity contribution in [3.8, 4) is 0 Å². The Morgan fingerprint density at radius 3 is 2.88 bits per heavy atom. The maximum Gasteiger partial charge on any atom is 0.225 e. The molecule has 0 aliphatic carbocycles. The van der Waals surface area contributed by atoms with Crippen molar-refractivity contribution in [3.63, 3.8) is 0 Å². The summed E-state index contributed by atoms with van der Waals surface area (Å²) in [6.45, 7) is 2.94. The lowest BCUT2D eigenvalue weighted by molar-refractivity contribution is -0.129. The molecule has 0 unspecified atom stereocenters. The van der Waals surface area contributed by atoms with Crippen molar-refractivity contribution in [3.05, 3.63) is 35.4 Å². The lowest BCUT2D eigenvalue weighted by Crippen LogP contribution is -2.36. The van der Waals surface area contributed by atoms with Gasteiger partial charge in [-0.1, -0.05) is 6.92 Å². The van der Waals surface area contributed by atoms with Gasteiger partial charge in [-0.05, 0) is 24.6 Å². The van der Waals surface area contributed by atoms with E-state index in [9.17, 15) is 18.4 Å². The van der Waals surface area contributed by atoms with E-state index in [0.29, 0.717) is 26.1 Å². The number of hydrogen-bond donors (Lipinski definition) is 1. The highest BCUT2D eigenvalue weighted by atomic mass is 19.1. The summed E-state index contributed by atoms with van der Waals surface area (Å²) >= 11 is 0. The number of rotatable bonds is 7. The number of benzene rings is 1. The molecule has 1 heterocycles. The van der Waals surface area contributed by atoms with Gasteiger partial charge in [0.2, 0.25) is 11.8 Å². The van der Waals surface area contributed by atoms with Crippen LogP contribution >= 0.6 is 0 Å². The van der Waals surface area contributed by atoms with Gasteiger partial charge in [0.05, 0.1) is 18.6 Å². The van der Waals surface area contributed by atoms with E-state index in [-0.39, 0.29) is 23.8 Å². The molecular weight excluding hydrogens is 318 g/mol. The number of nitrogens with zero attached hydrogens (tertiary/aromatic N) is 1. The zero-order valence-corrected chi connectivity index (χ0v) is 13.9. The summed E-state index contributed by atoms with van der Waals surface area (Å²) in [5, 5.41) is 2.73. The van der Waals surface area contributed by atoms with Crippen LogP contribution in [0.15, 0.2) is 18.2 Å². The zero-order chi connectivity index (χ0) is 17.7. The summed E-state index contributed by atoms with van der Waals surface area (Å²) in [6.07, 6.45) is 0.539. The molecule has 1 fully saturated rings. The molecule has 2 atom stereocenters. The van der Waals surface area contributed by atoms with Crippen LogP contribution in [0.1, 0.15) is 31.4 Å². The molecule has 2 amide bonds. The Morgan fingerprint density at radius 2 is 2.21 bits per heavy atom. The Morgan fingerprint density at radius 1 is 1.46 bits per heavy atom. The quantitative estimate of drug-likeness (QED) is 0.826. The maximum absolute atomic E-state index is 13.9. The van der Waals surface area contributed by atoms with E-state index >= 15 is 0 Å². The highest BCUT2D eigenvalue weighted by Gasteiger charge is 2.34. The molecule has 1 aliphatic heterocycles. The van der Waals surface area contributed by atoms with Gasteiger partial charge in [0, 0.05) is 32.2 Å². The highest BCUT2D eigenvalue weighted by molar-refractivity contribution is 5.89. The van der Waals surface area contributed by atoms with Crippen LogP contribution in [0.4, 0.5) is 8.78 Å². The minimum absolute atomic E-state index is 0.0998. The lowest BCUT2D eigenvalue weighted by Gasteiger charge is -2.21. The predicted molar refractivity (Wildman–Crippen MR) is 84.1 cm³/mol. The van der Waals surface area contributed by atoms with Crippen LogP contribution in [0.2, 0.25) is 0 Å². The van der Waals surface area contributed by atoms with Crippen LogP contribution in [0.3, 0.4) is 0 Å². The number of ether oxygens (including phenoxy) is 1. The standard InChI is InChI=1S/C17H22F2N2O3/c1-3-15(13-9-12(18)4-5-14(13)19)20-17(23)11-8-16(22)21(10-11)6-7-24-2/h4-5,9,11,15H,3,6-8,10H2,1-2H3,(H,20,23)/t11-,15-/m1/s1. The van der Waals surface area contributed by atoms with Gasteiger partial charge in [-0.15, -0.1) is 0 Å². The van der Waals surface area contributed by atoms with Gasteiger partial charge in [-0.2, -0.15) is 0 Å². The van der Waals surface area contributed by atoms with E-state index in [2.05, 4.69) is 5.32 Å². The first-order valence-electron chi connectivity index (χ1n) is 7.98. The fourth-order valence-corrected chi connectivity index (χ4v) is 2.84. The van der Waals surface area contributed by atoms with Gasteiger partial charge >= 0.3 is 0 Å². The number of carbonyl (C=O) groups excluding carboxylic acids is 2. The molecule has 0 spiro atoms. The fraction of sp³-hybridized carbons (Fsp3) is 0.529. The van der Waals surface area contributed by atoms with Crippen LogP contribution in [0.5, 0.6) is 0 Å². The molecule has 24 heavy (non-hydrogen) atoms. The molecule has 7 heteroatoms. The van der Waals surface area contributed by atoms with E-state index in [1.165, 1.54) is 0 Å². The van der Waals surface area contributed by atoms with Crippen molar-refractivity contribution in [1.82, 2.24) is 10.2 Å². The zero-order valence-electron chi connectivity index (χ0n) is 13.9. The Kier molecular flexibility index (Phi) is 6.25. The van der Waals surface area contributed by atoms with Gasteiger partial charge in [-0.3, -0.25) is 9.59 Å². The molecule has 2 rings (SSSR count). The first-order valence-corrected chi connectivity index (χ1v) is 7.98. The summed E-state index contributed by atoms with van der Waals surface area (Å²) in [5.74, 6) is -2.02. The van der Waals surface area contributed by atoms with Gasteiger partial charge in [0.15, 0.2) is 0 Å². The van der Waals surface area contributed by atoms with Crippen molar-refractivity contribution in [2.45, 2.75) is 25.8 Å². The molecule has 0 saturated carbocycles. The Bertz CT molecular complexity index is 609. The van der Waals surface area contributed by atoms with Crippen LogP contribution in [-0.4, -0.2) is 43.5 Å². The number of amides is 2. The van der Waals surface area contributed by atoms with Crippen LogP contribution in [0.25, 0.3) is 0 Å². The monoisotopic (exact) mass is 340 g/mol. The molecule has 1 N–H and O–H groups in total. The molecule has 1 saturated heterocycles. The Balaban J connectivity index is 2.02. The Labute approximate surface area is 140 Å². The van der Waals surface area contributed by atoms with Gasteiger partial charge < -0.3 is 15.0 Å². The summed E-state index contributed by atoms with van der Waals surface area (Å²) < 4.78 is 32.2. The third kappa shape index (κ3) is 4.29. The maximum atomic E-state index is 13.9. The molecule has 1 aromatic carbocycles. The smallest absolute Gasteiger partial charge is 0.225 e. The number of halogens is 2. The number of likely N-dealkylation sites (tertiary alicyclic amines) is 1. The molecule has 0 aromatic heterocycles. The summed E-state index contributed by atoms with van der Waals surface area (Å²) in [4.78, 5) is 25.9. The molecule has 1 aromatic rings. The van der Waals surface area contributed by atoms with Crippen LogP contribution in [-0.2, 0) is 14.3 Å². The third-order valence-corrected chi connectivity index (χ3v) is 4.21. The molecule has 0 bridgehead atoms. The minimum Gasteiger partial charge on any atom is -0.383 e. The van der Waals surface area contributed by atoms with E-state index in [4.69, 9.17) is 4.74 Å². The molecule has 132 valence electrons. The predicted octanol–water partition coefficient (Wildman–Crippen LogP) is 2.03. The van der Waals surface area contributed by atoms with Gasteiger partial charge in [0.25, 0.3) is 0 Å². The number of methoxy groups -OCH3 is 1. The van der Waals surface area contributed by atoms with Crippen LogP contribution in [0, 0.1) is 17.6 Å². The average molecular weight is 340 g/mol. The average Bonchev–Trinajstić information content (AvgIpc) is 2.94. The summed E-state index contributed by atoms with van der Waals surface area (Å²) in [7, 11) is 1.55. The molecule has 1 aliphatic rings. The van der Waals surface area contributed by atoms with E-state index < -0.39 is 23.6 Å². The largest absolute Gasteiger partial charge is 0.383 e. The van der Waals surface area contributed by atoms with Crippen molar-refractivity contribution in [2.75, 3.05) is 26.8 Å². The summed E-state index contributed by atoms with van der Waals surface area (Å²) in [5.41, 5.74) is 0.117. The Hall–Kier alpha value is -2.02. The first-order chi connectivity index (χ1) is 11.5. The van der Waals surface area contributed by atoms with Gasteiger partial charge in [-0.25, -0.2) is 8.78 Å².